The van der Waals surface area contributed by atoms with Crippen molar-refractivity contribution in [3.8, 4) is 5.75 Å². The molecule has 0 spiro atoms. The van der Waals surface area contributed by atoms with Crippen molar-refractivity contribution >= 4 is 11.8 Å². The van der Waals surface area contributed by atoms with E-state index in [9.17, 15) is 4.79 Å². The van der Waals surface area contributed by atoms with Crippen molar-refractivity contribution in [2.24, 2.45) is 0 Å². The first-order valence-electron chi connectivity index (χ1n) is 6.90. The first-order valence-corrected chi connectivity index (χ1v) is 6.90. The van der Waals surface area contributed by atoms with E-state index in [1.807, 2.05) is 0 Å². The van der Waals surface area contributed by atoms with Crippen molar-refractivity contribution in [1.29, 1.82) is 0 Å². The summed E-state index contributed by atoms with van der Waals surface area (Å²) < 4.78 is 10.7. The topological polar surface area (TPSA) is 63.7 Å². The Morgan fingerprint density at radius 3 is 3.05 bits per heavy atom. The van der Waals surface area contributed by atoms with Crippen molar-refractivity contribution in [2.75, 3.05) is 32.1 Å². The van der Waals surface area contributed by atoms with Crippen LogP contribution in [0.5, 0.6) is 5.75 Å². The summed E-state index contributed by atoms with van der Waals surface area (Å²) in [6, 6.07) is 3.37. The van der Waals surface area contributed by atoms with Crippen LogP contribution in [0.2, 0.25) is 0 Å². The lowest BCUT2D eigenvalue weighted by Gasteiger charge is -2.37. The zero-order valence-corrected chi connectivity index (χ0v) is 12.0. The fourth-order valence-electron chi connectivity index (χ4n) is 1.85. The predicted octanol–water partition coefficient (Wildman–Crippen LogP) is 2.12. The highest BCUT2D eigenvalue weighted by atomic mass is 16.5. The van der Waals surface area contributed by atoms with Crippen LogP contribution in [0.25, 0.3) is 0 Å². The number of hydrogen-bond donors (Lipinski definition) is 1. The molecule has 6 heteroatoms. The van der Waals surface area contributed by atoms with E-state index < -0.39 is 0 Å². The lowest BCUT2D eigenvalue weighted by molar-refractivity contribution is -0.00467. The number of methoxy groups -OCH3 is 1. The Morgan fingerprint density at radius 1 is 1.55 bits per heavy atom. The average Bonchev–Trinajstić information content (AvgIpc) is 2.38. The monoisotopic (exact) mass is 279 g/mol. The van der Waals surface area contributed by atoms with E-state index in [2.05, 4.69) is 17.2 Å². The summed E-state index contributed by atoms with van der Waals surface area (Å²) in [5.74, 6) is 1.23. The molecule has 2 rings (SSSR count). The van der Waals surface area contributed by atoms with Gasteiger partial charge in [0, 0.05) is 19.4 Å². The van der Waals surface area contributed by atoms with Crippen LogP contribution >= 0.6 is 0 Å². The second-order valence-electron chi connectivity index (χ2n) is 4.77. The van der Waals surface area contributed by atoms with Crippen LogP contribution in [-0.2, 0) is 4.74 Å². The van der Waals surface area contributed by atoms with Crippen molar-refractivity contribution in [3.63, 3.8) is 0 Å². The Balaban J connectivity index is 1.83. The maximum Gasteiger partial charge on any atom is 0.323 e. The third-order valence-corrected chi connectivity index (χ3v) is 3.20. The van der Waals surface area contributed by atoms with Crippen molar-refractivity contribution in [1.82, 2.24) is 9.88 Å². The van der Waals surface area contributed by atoms with Gasteiger partial charge in [-0.2, -0.15) is 0 Å². The largest absolute Gasteiger partial charge is 0.493 e. The molecule has 1 saturated heterocycles. The lowest BCUT2D eigenvalue weighted by atomic mass is 10.2. The van der Waals surface area contributed by atoms with Gasteiger partial charge in [0.2, 0.25) is 0 Å². The van der Waals surface area contributed by atoms with E-state index in [1.165, 1.54) is 0 Å². The van der Waals surface area contributed by atoms with Gasteiger partial charge in [0.25, 0.3) is 0 Å². The van der Waals surface area contributed by atoms with E-state index in [0.717, 1.165) is 18.6 Å². The van der Waals surface area contributed by atoms with Gasteiger partial charge >= 0.3 is 6.03 Å². The molecule has 20 heavy (non-hydrogen) atoms. The van der Waals surface area contributed by atoms with E-state index in [-0.39, 0.29) is 12.1 Å². The second kappa shape index (κ2) is 7.09. The highest BCUT2D eigenvalue weighted by Crippen LogP contribution is 2.17. The Morgan fingerprint density at radius 2 is 2.35 bits per heavy atom. The number of urea groups is 1. The van der Waals surface area contributed by atoms with E-state index in [4.69, 9.17) is 9.47 Å². The Labute approximate surface area is 119 Å². The number of aromatic nitrogens is 1. The number of carbonyl (C=O) groups is 1. The van der Waals surface area contributed by atoms with Crippen LogP contribution in [0.3, 0.4) is 0 Å². The molecule has 110 valence electrons. The number of nitrogens with zero attached hydrogens (tertiary/aromatic N) is 2. The molecule has 2 amide bonds. The first kappa shape index (κ1) is 14.6. The van der Waals surface area contributed by atoms with Crippen LogP contribution < -0.4 is 10.1 Å². The molecule has 0 aromatic carbocycles. The number of amides is 2. The van der Waals surface area contributed by atoms with E-state index in [1.54, 1.807) is 30.3 Å². The van der Waals surface area contributed by atoms with Gasteiger partial charge in [0.05, 0.1) is 25.8 Å². The number of pyridine rings is 1. The number of carbonyl (C=O) groups excluding carboxylic acids is 1. The van der Waals surface area contributed by atoms with Gasteiger partial charge < -0.3 is 14.4 Å². The SMILES string of the molecule is CCCCOc1ccnc(NC(=O)N2CC(OC)C2)c1. The molecule has 1 aromatic rings. The van der Waals surface area contributed by atoms with Gasteiger partial charge in [-0.25, -0.2) is 9.78 Å². The van der Waals surface area contributed by atoms with Gasteiger partial charge in [-0.1, -0.05) is 13.3 Å². The third kappa shape index (κ3) is 3.84. The molecular weight excluding hydrogens is 258 g/mol. The Hall–Kier alpha value is -1.82. The minimum Gasteiger partial charge on any atom is -0.493 e. The standard InChI is InChI=1S/C14H21N3O3/c1-3-4-7-20-11-5-6-15-13(8-11)16-14(18)17-9-12(10-17)19-2/h5-6,8,12H,3-4,7,9-10H2,1-2H3,(H,15,16,18). The summed E-state index contributed by atoms with van der Waals surface area (Å²) in [6.45, 7) is 4.03. The van der Waals surface area contributed by atoms with Crippen LogP contribution in [0.15, 0.2) is 18.3 Å². The molecule has 1 fully saturated rings. The second-order valence-corrected chi connectivity index (χ2v) is 4.77. The summed E-state index contributed by atoms with van der Waals surface area (Å²) in [7, 11) is 1.65. The van der Waals surface area contributed by atoms with Crippen molar-refractivity contribution < 1.29 is 14.3 Å². The van der Waals surface area contributed by atoms with Crippen LogP contribution in [0, 0.1) is 0 Å². The van der Waals surface area contributed by atoms with Gasteiger partial charge in [-0.05, 0) is 12.5 Å². The molecule has 0 bridgehead atoms. The minimum absolute atomic E-state index is 0.150. The number of likely N-dealkylation sites (tertiary alicyclic amines) is 1. The fourth-order valence-corrected chi connectivity index (χ4v) is 1.85. The van der Waals surface area contributed by atoms with Crippen molar-refractivity contribution in [2.45, 2.75) is 25.9 Å². The zero-order chi connectivity index (χ0) is 14.4. The molecule has 0 radical (unpaired) electrons. The summed E-state index contributed by atoms with van der Waals surface area (Å²) >= 11 is 0. The van der Waals surface area contributed by atoms with Gasteiger partial charge in [-0.15, -0.1) is 0 Å². The van der Waals surface area contributed by atoms with Crippen LogP contribution in [0.4, 0.5) is 10.6 Å². The molecule has 6 nitrogen and oxygen atoms in total. The normalized spacial score (nSPS) is 14.8. The quantitative estimate of drug-likeness (QED) is 0.810. The molecule has 1 aromatic heterocycles. The summed E-state index contributed by atoms with van der Waals surface area (Å²) in [5, 5.41) is 2.76. The molecule has 0 unspecified atom stereocenters. The van der Waals surface area contributed by atoms with Crippen molar-refractivity contribution in [3.05, 3.63) is 18.3 Å². The molecular formula is C14H21N3O3. The molecule has 0 saturated carbocycles. The zero-order valence-electron chi connectivity index (χ0n) is 12.0. The summed E-state index contributed by atoms with van der Waals surface area (Å²) in [5.41, 5.74) is 0. The summed E-state index contributed by atoms with van der Waals surface area (Å²) in [6.07, 6.45) is 3.88. The highest BCUT2D eigenvalue weighted by molar-refractivity contribution is 5.89. The minimum atomic E-state index is -0.156. The number of rotatable bonds is 6. The molecule has 1 N–H and O–H groups in total. The number of anilines is 1. The Kier molecular flexibility index (Phi) is 5.17. The molecule has 1 aliphatic rings. The van der Waals surface area contributed by atoms with Crippen LogP contribution in [0.1, 0.15) is 19.8 Å². The number of hydrogen-bond acceptors (Lipinski definition) is 4. The Bertz CT molecular complexity index is 447. The average molecular weight is 279 g/mol. The van der Waals surface area contributed by atoms with E-state index >= 15 is 0 Å². The molecule has 1 aliphatic heterocycles. The number of nitrogens with one attached hydrogen (secondary N) is 1. The van der Waals surface area contributed by atoms with Gasteiger partial charge in [0.15, 0.2) is 0 Å². The fraction of sp³-hybridized carbons (Fsp3) is 0.571. The summed E-state index contributed by atoms with van der Waals surface area (Å²) in [4.78, 5) is 17.7. The predicted molar refractivity (Wildman–Crippen MR) is 76.0 cm³/mol. The van der Waals surface area contributed by atoms with Gasteiger partial charge in [0.1, 0.15) is 11.6 Å². The number of ether oxygens (including phenoxy) is 2. The lowest BCUT2D eigenvalue weighted by Crippen LogP contribution is -2.55. The molecule has 0 atom stereocenters. The molecule has 0 aliphatic carbocycles. The maximum atomic E-state index is 11.9. The first-order chi connectivity index (χ1) is 9.72. The van der Waals surface area contributed by atoms with Gasteiger partial charge in [-0.3, -0.25) is 5.32 Å². The highest BCUT2D eigenvalue weighted by Gasteiger charge is 2.30. The van der Waals surface area contributed by atoms with E-state index in [0.29, 0.717) is 25.5 Å². The third-order valence-electron chi connectivity index (χ3n) is 3.20. The number of unbranched alkanes of at least 4 members (excludes halogenated alkanes) is 1. The smallest absolute Gasteiger partial charge is 0.323 e. The molecule has 2 heterocycles. The van der Waals surface area contributed by atoms with Crippen LogP contribution in [-0.4, -0.2) is 48.8 Å². The maximum absolute atomic E-state index is 11.9.